The number of aromatic nitrogens is 1. The number of allylic oxidation sites excluding steroid dienone is 4. The number of hydrogen-bond donors (Lipinski definition) is 2. The number of carbonyl (C=O) groups excluding carboxylic acids is 2. The van der Waals surface area contributed by atoms with Crippen LogP contribution in [0.4, 0.5) is 0 Å². The van der Waals surface area contributed by atoms with Crippen LogP contribution in [0.25, 0.3) is 44.9 Å². The van der Waals surface area contributed by atoms with Gasteiger partial charge in [0.1, 0.15) is 23.0 Å². The van der Waals surface area contributed by atoms with Crippen LogP contribution < -0.4 is 9.47 Å². The lowest BCUT2D eigenvalue weighted by molar-refractivity contribution is -0.112. The maximum absolute atomic E-state index is 12.2. The molecule has 2 N–H and O–H groups in total. The number of Topliss-reactive ketones (excluding diaryl/α,β-unsaturated/α-hetero) is 2. The monoisotopic (exact) mass is 1060 g/mol. The molecule has 0 saturated heterocycles. The predicted octanol–water partition coefficient (Wildman–Crippen LogP) is 14.3. The summed E-state index contributed by atoms with van der Waals surface area (Å²) in [6.45, 7) is 5.16. The molecule has 2 heterocycles. The summed E-state index contributed by atoms with van der Waals surface area (Å²) in [5, 5.41) is 22.2. The molecule has 0 saturated carbocycles. The van der Waals surface area contributed by atoms with Crippen LogP contribution >= 0.6 is 0 Å². The van der Waals surface area contributed by atoms with E-state index in [-0.39, 0.29) is 34.2 Å². The second-order valence-corrected chi connectivity index (χ2v) is 19.4. The van der Waals surface area contributed by atoms with Crippen molar-refractivity contribution in [3.05, 3.63) is 273 Å². The van der Waals surface area contributed by atoms with Crippen molar-refractivity contribution in [1.29, 1.82) is 0 Å². The minimum Gasteiger partial charge on any atom is -0.512 e. The fourth-order valence-corrected chi connectivity index (χ4v) is 9.92. The Morgan fingerprint density at radius 1 is 0.463 bits per heavy atom. The number of aliphatic hydroxyl groups excluding tert-OH is 2. The standard InChI is InChI=1S/C73H53BN2O6/c1-48(77)70(49(2)78)58-31-27-54(28-32-58)17-15-52-19-23-56(24-20-52)43-45-74(46-44-57-25-21-53(22-26-57)16-18-55-29-33-59(34-30-55)71(50(3)79)51(4)80)76-69(65-12-8-10-14-67(65)73(76)61-37-41-63(82-6)42-38-61)47-68-64-11-7-9-13-66(64)72(75-68)60-35-39-62(81-5)40-36-60/h7-14,19-42,47,77,79H,1-6H3/b68-47+,70-48-,71-50-. The van der Waals surface area contributed by atoms with Gasteiger partial charge in [-0.3, -0.25) is 9.59 Å². The lowest BCUT2D eigenvalue weighted by Gasteiger charge is -2.14. The molecule has 9 heteroatoms. The number of fused-ring (bicyclic) bond motifs is 2. The van der Waals surface area contributed by atoms with Gasteiger partial charge < -0.3 is 24.2 Å². The fraction of sp³-hybridized carbons (Fsp3) is 0.0822. The predicted molar refractivity (Wildman–Crippen MR) is 331 cm³/mol. The van der Waals surface area contributed by atoms with Gasteiger partial charge in [0.25, 0.3) is 0 Å². The molecule has 1 aromatic heterocycles. The summed E-state index contributed by atoms with van der Waals surface area (Å²) in [5.74, 6) is 28.2. The number of ether oxygens (including phenoxy) is 2. The Morgan fingerprint density at radius 2 is 0.841 bits per heavy atom. The number of hydrogen-bond acceptors (Lipinski definition) is 7. The first kappa shape index (κ1) is 54.4. The summed E-state index contributed by atoms with van der Waals surface area (Å²) in [5.41, 5.74) is 13.8. The van der Waals surface area contributed by atoms with E-state index in [0.29, 0.717) is 11.1 Å². The summed E-state index contributed by atoms with van der Waals surface area (Å²) in [7, 11) is 3.32. The van der Waals surface area contributed by atoms with Crippen LogP contribution in [0.1, 0.15) is 94.6 Å². The summed E-state index contributed by atoms with van der Waals surface area (Å²) in [4.78, 5) is 29.7. The van der Waals surface area contributed by atoms with E-state index < -0.39 is 6.85 Å². The molecule has 82 heavy (non-hydrogen) atoms. The van der Waals surface area contributed by atoms with Gasteiger partial charge in [0.15, 0.2) is 11.6 Å². The maximum atomic E-state index is 12.2. The number of carbonyl (C=O) groups is 2. The molecular weight excluding hydrogens is 1010 g/mol. The lowest BCUT2D eigenvalue weighted by Crippen LogP contribution is -2.24. The summed E-state index contributed by atoms with van der Waals surface area (Å²) in [6.07, 6.45) is 2.16. The molecule has 10 rings (SSSR count). The molecule has 1 aliphatic heterocycles. The van der Waals surface area contributed by atoms with E-state index in [4.69, 9.17) is 14.5 Å². The molecule has 0 amide bonds. The zero-order valence-electron chi connectivity index (χ0n) is 46.1. The van der Waals surface area contributed by atoms with Crippen molar-refractivity contribution in [3.63, 3.8) is 0 Å². The SMILES string of the molecule is COc1ccc(C2=N/C(=C/c3c4ccccc4c(-c4ccc(OC)cc4)n3B(C#Cc3ccc(C#Cc4ccc(/C(C(C)=O)=C(/C)O)cc4)cc3)C#Cc3ccc(C#Cc4ccc(/C(C(C)=O)=C(/C)O)cc4)cc3)c3ccccc32)cc1. The third-order valence-electron chi connectivity index (χ3n) is 13.9. The van der Waals surface area contributed by atoms with Crippen LogP contribution in [0.2, 0.25) is 0 Å². The number of nitrogens with zero attached hydrogens (tertiary/aromatic N) is 2. The van der Waals surface area contributed by atoms with Crippen molar-refractivity contribution in [2.24, 2.45) is 4.99 Å². The van der Waals surface area contributed by atoms with Gasteiger partial charge in [-0.1, -0.05) is 108 Å². The molecule has 8 nitrogen and oxygen atoms in total. The molecule has 394 valence electrons. The van der Waals surface area contributed by atoms with E-state index in [1.54, 1.807) is 38.5 Å². The minimum atomic E-state index is -0.719. The van der Waals surface area contributed by atoms with Crippen LogP contribution in [0, 0.1) is 47.2 Å². The summed E-state index contributed by atoms with van der Waals surface area (Å²) < 4.78 is 13.4. The van der Waals surface area contributed by atoms with Crippen molar-refractivity contribution in [2.75, 3.05) is 14.2 Å². The Morgan fingerprint density at radius 3 is 1.26 bits per heavy atom. The van der Waals surface area contributed by atoms with Crippen molar-refractivity contribution in [2.45, 2.75) is 27.7 Å². The van der Waals surface area contributed by atoms with Crippen LogP contribution in [-0.2, 0) is 9.59 Å². The van der Waals surface area contributed by atoms with Gasteiger partial charge in [-0.25, -0.2) is 4.99 Å². The van der Waals surface area contributed by atoms with Crippen molar-refractivity contribution < 1.29 is 29.3 Å². The molecule has 0 unspecified atom stereocenters. The second kappa shape index (κ2) is 24.4. The van der Waals surface area contributed by atoms with Crippen LogP contribution in [0.3, 0.4) is 0 Å². The molecule has 0 fully saturated rings. The Bertz CT molecular complexity index is 4190. The highest BCUT2D eigenvalue weighted by Gasteiger charge is 2.28. The second-order valence-electron chi connectivity index (χ2n) is 19.4. The van der Waals surface area contributed by atoms with Gasteiger partial charge in [-0.05, 0) is 172 Å². The highest BCUT2D eigenvalue weighted by Crippen LogP contribution is 2.40. The molecule has 0 spiro atoms. The molecule has 0 radical (unpaired) electrons. The first-order chi connectivity index (χ1) is 39.8. The number of methoxy groups -OCH3 is 2. The maximum Gasteiger partial charge on any atom is 0.434 e. The average molecular weight is 1070 g/mol. The molecule has 0 bridgehead atoms. The van der Waals surface area contributed by atoms with Crippen molar-refractivity contribution in [1.82, 2.24) is 4.48 Å². The lowest BCUT2D eigenvalue weighted by atomic mass is 9.62. The third kappa shape index (κ3) is 12.0. The van der Waals surface area contributed by atoms with Crippen LogP contribution in [-0.4, -0.2) is 53.0 Å². The van der Waals surface area contributed by atoms with Gasteiger partial charge in [-0.15, -0.1) is 11.6 Å². The number of rotatable bonds is 10. The van der Waals surface area contributed by atoms with Gasteiger partial charge in [0, 0.05) is 72.2 Å². The Balaban J connectivity index is 1.08. The molecule has 8 aromatic carbocycles. The normalized spacial score (nSPS) is 12.3. The third-order valence-corrected chi connectivity index (χ3v) is 13.9. The zero-order chi connectivity index (χ0) is 57.3. The first-order valence-corrected chi connectivity index (χ1v) is 26.5. The van der Waals surface area contributed by atoms with Gasteiger partial charge in [0.05, 0.1) is 36.8 Å². The van der Waals surface area contributed by atoms with Gasteiger partial charge in [0.2, 0.25) is 0 Å². The van der Waals surface area contributed by atoms with E-state index in [0.717, 1.165) is 101 Å². The average Bonchev–Trinajstić information content (AvgIpc) is 4.27. The van der Waals surface area contributed by atoms with E-state index in [1.165, 1.54) is 27.7 Å². The van der Waals surface area contributed by atoms with E-state index in [9.17, 15) is 19.8 Å². The Hall–Kier alpha value is -11.0. The topological polar surface area (TPSA) is 110 Å². The summed E-state index contributed by atoms with van der Waals surface area (Å²) >= 11 is 0. The molecule has 9 aromatic rings. The molecule has 0 atom stereocenters. The van der Waals surface area contributed by atoms with Crippen LogP contribution in [0.15, 0.2) is 211 Å². The minimum absolute atomic E-state index is 0.0243. The van der Waals surface area contributed by atoms with Gasteiger partial charge >= 0.3 is 6.85 Å². The molecule has 0 aliphatic carbocycles. The number of ketones is 2. The van der Waals surface area contributed by atoms with Crippen LogP contribution in [0.5, 0.6) is 11.5 Å². The Kier molecular flexibility index (Phi) is 16.2. The smallest absolute Gasteiger partial charge is 0.434 e. The highest BCUT2D eigenvalue weighted by molar-refractivity contribution is 6.75. The number of aliphatic hydroxyl groups is 2. The zero-order valence-corrected chi connectivity index (χ0v) is 46.1. The quantitative estimate of drug-likeness (QED) is 0.0611. The summed E-state index contributed by atoms with van der Waals surface area (Å²) in [6, 6.07) is 62.7. The van der Waals surface area contributed by atoms with E-state index in [1.807, 2.05) is 133 Å². The highest BCUT2D eigenvalue weighted by atomic mass is 16.5. The van der Waals surface area contributed by atoms with Crippen molar-refractivity contribution >= 4 is 57.8 Å². The number of benzene rings is 8. The van der Waals surface area contributed by atoms with Gasteiger partial charge in [-0.2, -0.15) is 0 Å². The van der Waals surface area contributed by atoms with E-state index >= 15 is 0 Å². The van der Waals surface area contributed by atoms with E-state index in [2.05, 4.69) is 94.1 Å². The first-order valence-electron chi connectivity index (χ1n) is 26.5. The molecule has 1 aliphatic rings. The fourth-order valence-electron chi connectivity index (χ4n) is 9.92. The largest absolute Gasteiger partial charge is 0.512 e. The number of aliphatic imine (C=N–C) groups is 1. The van der Waals surface area contributed by atoms with Crippen molar-refractivity contribution in [3.8, 4) is 69.9 Å². The Labute approximate surface area is 478 Å². The molecular formula is C73H53BN2O6.